The van der Waals surface area contributed by atoms with Crippen molar-refractivity contribution in [3.8, 4) is 23.0 Å². The van der Waals surface area contributed by atoms with Gasteiger partial charge in [0.2, 0.25) is 5.13 Å². The molecule has 4 aromatic rings. The lowest BCUT2D eigenvalue weighted by molar-refractivity contribution is 0.102. The molecule has 0 saturated heterocycles. The van der Waals surface area contributed by atoms with Gasteiger partial charge >= 0.3 is 0 Å². The van der Waals surface area contributed by atoms with E-state index in [0.717, 1.165) is 22.9 Å². The number of methoxy groups -OCH3 is 1. The Morgan fingerprint density at radius 1 is 1.17 bits per heavy atom. The summed E-state index contributed by atoms with van der Waals surface area (Å²) in [5.41, 5.74) is 2.29. The van der Waals surface area contributed by atoms with E-state index < -0.39 is 0 Å². The van der Waals surface area contributed by atoms with E-state index in [-0.39, 0.29) is 5.91 Å². The zero-order chi connectivity index (χ0) is 21.3. The van der Waals surface area contributed by atoms with Crippen LogP contribution in [0.5, 0.6) is 5.75 Å². The number of carbonyl (C=O) groups excluding carboxylic acids is 1. The van der Waals surface area contributed by atoms with E-state index in [2.05, 4.69) is 25.0 Å². The predicted molar refractivity (Wildman–Crippen MR) is 116 cm³/mol. The fourth-order valence-corrected chi connectivity index (χ4v) is 3.79. The van der Waals surface area contributed by atoms with Gasteiger partial charge in [-0.15, -0.1) is 5.10 Å². The van der Waals surface area contributed by atoms with Crippen molar-refractivity contribution in [1.29, 1.82) is 0 Å². The van der Waals surface area contributed by atoms with Crippen LogP contribution in [0.4, 0.5) is 5.13 Å². The van der Waals surface area contributed by atoms with Crippen molar-refractivity contribution in [2.45, 2.75) is 6.92 Å². The fraction of sp³-hybridized carbons (Fsp3) is 0.105. The lowest BCUT2D eigenvalue weighted by atomic mass is 10.2. The molecular formula is C19H14Cl2N6O2S. The number of halogens is 2. The fourth-order valence-electron chi connectivity index (χ4n) is 2.75. The van der Waals surface area contributed by atoms with E-state index in [4.69, 9.17) is 27.9 Å². The second-order valence-corrected chi connectivity index (χ2v) is 7.68. The molecule has 1 amide bonds. The zero-order valence-corrected chi connectivity index (χ0v) is 18.1. The van der Waals surface area contributed by atoms with Crippen LogP contribution < -0.4 is 10.1 Å². The third kappa shape index (κ3) is 3.87. The number of ether oxygens (including phenoxy) is 1. The van der Waals surface area contributed by atoms with Gasteiger partial charge in [0.25, 0.3) is 5.91 Å². The largest absolute Gasteiger partial charge is 0.495 e. The van der Waals surface area contributed by atoms with Gasteiger partial charge in [-0.3, -0.25) is 10.1 Å². The van der Waals surface area contributed by atoms with Crippen LogP contribution in [0.25, 0.3) is 17.2 Å². The van der Waals surface area contributed by atoms with Crippen molar-refractivity contribution < 1.29 is 9.53 Å². The molecule has 0 fully saturated rings. The summed E-state index contributed by atoms with van der Waals surface area (Å²) in [6.07, 6.45) is 0. The highest BCUT2D eigenvalue weighted by atomic mass is 35.5. The number of nitrogens with zero attached hydrogens (tertiary/aromatic N) is 5. The number of nitrogens with one attached hydrogen (secondary N) is 1. The molecule has 4 rings (SSSR count). The number of benzene rings is 2. The molecular weight excluding hydrogens is 447 g/mol. The molecule has 0 aliphatic heterocycles. The Bertz CT molecular complexity index is 1240. The Morgan fingerprint density at radius 3 is 2.70 bits per heavy atom. The standard InChI is InChI=1S/C19H14Cl2N6O2S/c1-10-16(24-26-27(10)11-7-8-15(29-2)14(21)9-11)17-22-19(30-25-17)23-18(28)12-5-3-4-6-13(12)20/h3-9H,1-2H3,(H,22,23,25,28). The van der Waals surface area contributed by atoms with Gasteiger partial charge in [-0.2, -0.15) is 9.36 Å². The first-order valence-electron chi connectivity index (χ1n) is 8.64. The van der Waals surface area contributed by atoms with Crippen LogP contribution in [0.15, 0.2) is 42.5 Å². The third-order valence-electron chi connectivity index (χ3n) is 4.25. The number of aromatic nitrogens is 5. The van der Waals surface area contributed by atoms with Gasteiger partial charge in [-0.05, 0) is 37.3 Å². The molecule has 2 heterocycles. The number of hydrogen-bond acceptors (Lipinski definition) is 7. The van der Waals surface area contributed by atoms with Crippen LogP contribution in [0.2, 0.25) is 10.0 Å². The van der Waals surface area contributed by atoms with E-state index in [1.165, 1.54) is 0 Å². The number of carbonyl (C=O) groups is 1. The van der Waals surface area contributed by atoms with E-state index in [9.17, 15) is 4.79 Å². The van der Waals surface area contributed by atoms with Crippen molar-refractivity contribution in [1.82, 2.24) is 24.4 Å². The summed E-state index contributed by atoms with van der Waals surface area (Å²) in [6, 6.07) is 12.1. The van der Waals surface area contributed by atoms with Gasteiger partial charge in [-0.1, -0.05) is 40.5 Å². The summed E-state index contributed by atoms with van der Waals surface area (Å²) in [4.78, 5) is 16.8. The first-order chi connectivity index (χ1) is 14.5. The molecule has 0 aliphatic rings. The minimum absolute atomic E-state index is 0.330. The summed E-state index contributed by atoms with van der Waals surface area (Å²) < 4.78 is 11.1. The number of rotatable bonds is 5. The Morgan fingerprint density at radius 2 is 1.97 bits per heavy atom. The quantitative estimate of drug-likeness (QED) is 0.465. The highest BCUT2D eigenvalue weighted by molar-refractivity contribution is 7.10. The highest BCUT2D eigenvalue weighted by Crippen LogP contribution is 2.29. The van der Waals surface area contributed by atoms with Crippen LogP contribution >= 0.6 is 34.7 Å². The first-order valence-corrected chi connectivity index (χ1v) is 10.2. The molecule has 0 atom stereocenters. The Hall–Kier alpha value is -3.01. The molecule has 0 radical (unpaired) electrons. The van der Waals surface area contributed by atoms with Gasteiger partial charge in [0, 0.05) is 11.5 Å². The van der Waals surface area contributed by atoms with Gasteiger partial charge in [0.1, 0.15) is 5.75 Å². The van der Waals surface area contributed by atoms with Crippen molar-refractivity contribution in [3.63, 3.8) is 0 Å². The summed E-state index contributed by atoms with van der Waals surface area (Å²) in [5.74, 6) is 0.563. The van der Waals surface area contributed by atoms with Crippen molar-refractivity contribution >= 4 is 45.8 Å². The average Bonchev–Trinajstić information content (AvgIpc) is 3.34. The van der Waals surface area contributed by atoms with Crippen molar-refractivity contribution in [2.75, 3.05) is 12.4 Å². The molecule has 0 aliphatic carbocycles. The van der Waals surface area contributed by atoms with Crippen molar-refractivity contribution in [3.05, 3.63) is 63.8 Å². The maximum absolute atomic E-state index is 12.4. The maximum Gasteiger partial charge on any atom is 0.258 e. The normalized spacial score (nSPS) is 10.8. The summed E-state index contributed by atoms with van der Waals surface area (Å²) in [5, 5.41) is 12.2. The Balaban J connectivity index is 1.58. The molecule has 0 saturated carbocycles. The van der Waals surface area contributed by atoms with Gasteiger partial charge in [0.05, 0.1) is 34.1 Å². The minimum Gasteiger partial charge on any atom is -0.495 e. The van der Waals surface area contributed by atoms with Crippen LogP contribution in [-0.4, -0.2) is 37.4 Å². The van der Waals surface area contributed by atoms with Crippen LogP contribution in [0.1, 0.15) is 16.1 Å². The molecule has 2 aromatic carbocycles. The van der Waals surface area contributed by atoms with E-state index in [1.54, 1.807) is 48.2 Å². The Labute approximate surface area is 185 Å². The molecule has 152 valence electrons. The monoisotopic (exact) mass is 460 g/mol. The second-order valence-electron chi connectivity index (χ2n) is 6.11. The summed E-state index contributed by atoms with van der Waals surface area (Å²) in [7, 11) is 1.55. The summed E-state index contributed by atoms with van der Waals surface area (Å²) in [6.45, 7) is 1.84. The first kappa shape index (κ1) is 20.3. The van der Waals surface area contributed by atoms with Gasteiger partial charge < -0.3 is 4.74 Å². The lowest BCUT2D eigenvalue weighted by Crippen LogP contribution is -2.12. The zero-order valence-electron chi connectivity index (χ0n) is 15.8. The number of hydrogen-bond donors (Lipinski definition) is 1. The maximum atomic E-state index is 12.4. The SMILES string of the molecule is COc1ccc(-n2nnc(-c3nsc(NC(=O)c4ccccc4Cl)n3)c2C)cc1Cl. The van der Waals surface area contributed by atoms with Crippen LogP contribution in [-0.2, 0) is 0 Å². The molecule has 8 nitrogen and oxygen atoms in total. The third-order valence-corrected chi connectivity index (χ3v) is 5.51. The Kier molecular flexibility index (Phi) is 5.67. The predicted octanol–water partition coefficient (Wildman–Crippen LogP) is 4.66. The molecule has 0 unspecified atom stereocenters. The molecule has 1 N–H and O–H groups in total. The molecule has 2 aromatic heterocycles. The van der Waals surface area contributed by atoms with Crippen molar-refractivity contribution in [2.24, 2.45) is 0 Å². The highest BCUT2D eigenvalue weighted by Gasteiger charge is 2.19. The van der Waals surface area contributed by atoms with E-state index >= 15 is 0 Å². The molecule has 11 heteroatoms. The molecule has 0 bridgehead atoms. The van der Waals surface area contributed by atoms with E-state index in [0.29, 0.717) is 38.0 Å². The topological polar surface area (TPSA) is 94.8 Å². The van der Waals surface area contributed by atoms with Gasteiger partial charge in [0.15, 0.2) is 11.5 Å². The molecule has 30 heavy (non-hydrogen) atoms. The number of anilines is 1. The smallest absolute Gasteiger partial charge is 0.258 e. The van der Waals surface area contributed by atoms with Crippen LogP contribution in [0.3, 0.4) is 0 Å². The average molecular weight is 461 g/mol. The minimum atomic E-state index is -0.364. The van der Waals surface area contributed by atoms with Gasteiger partial charge in [-0.25, -0.2) is 4.68 Å². The van der Waals surface area contributed by atoms with E-state index in [1.807, 2.05) is 13.0 Å². The number of amides is 1. The van der Waals surface area contributed by atoms with Crippen LogP contribution in [0, 0.1) is 6.92 Å². The molecule has 0 spiro atoms. The lowest BCUT2D eigenvalue weighted by Gasteiger charge is -2.07. The summed E-state index contributed by atoms with van der Waals surface area (Å²) >= 11 is 13.3. The second kappa shape index (κ2) is 8.39.